The number of rotatable bonds is 6. The largest absolute Gasteiger partial charge is 0.497 e. The van der Waals surface area contributed by atoms with Crippen LogP contribution in [0, 0.1) is 23.4 Å². The van der Waals surface area contributed by atoms with Crippen molar-refractivity contribution >= 4 is 17.5 Å². The minimum atomic E-state index is -1.65. The van der Waals surface area contributed by atoms with Gasteiger partial charge >= 0.3 is 0 Å². The minimum Gasteiger partial charge on any atom is -0.497 e. The van der Waals surface area contributed by atoms with E-state index >= 15 is 0 Å². The van der Waals surface area contributed by atoms with Gasteiger partial charge in [-0.15, -0.1) is 0 Å². The fraction of sp³-hybridized carbons (Fsp3) is 0.300. The fourth-order valence-corrected chi connectivity index (χ4v) is 3.11. The highest BCUT2D eigenvalue weighted by atomic mass is 19.2. The van der Waals surface area contributed by atoms with Gasteiger partial charge in [-0.25, -0.2) is 13.2 Å². The minimum absolute atomic E-state index is 0.0186. The SMILES string of the molecule is COc1cccc(CCN2CC(C(=O)Nc3ccc(F)c(F)c3F)CC2=O)c1. The first-order chi connectivity index (χ1) is 13.4. The number of carbonyl (C=O) groups excluding carboxylic acids is 2. The highest BCUT2D eigenvalue weighted by Crippen LogP contribution is 2.24. The number of methoxy groups -OCH3 is 1. The third-order valence-corrected chi connectivity index (χ3v) is 4.68. The molecule has 1 unspecified atom stereocenters. The van der Waals surface area contributed by atoms with Gasteiger partial charge in [0.2, 0.25) is 11.8 Å². The van der Waals surface area contributed by atoms with E-state index in [1.807, 2.05) is 24.3 Å². The Morgan fingerprint density at radius 2 is 2.00 bits per heavy atom. The van der Waals surface area contributed by atoms with Crippen LogP contribution in [0.25, 0.3) is 0 Å². The van der Waals surface area contributed by atoms with Crippen molar-refractivity contribution in [3.63, 3.8) is 0 Å². The number of anilines is 1. The monoisotopic (exact) mass is 392 g/mol. The molecule has 0 saturated carbocycles. The summed E-state index contributed by atoms with van der Waals surface area (Å²) in [6, 6.07) is 9.14. The molecule has 0 bridgehead atoms. The molecule has 0 radical (unpaired) electrons. The summed E-state index contributed by atoms with van der Waals surface area (Å²) >= 11 is 0. The molecule has 5 nitrogen and oxygen atoms in total. The lowest BCUT2D eigenvalue weighted by molar-refractivity contribution is -0.128. The molecule has 0 spiro atoms. The van der Waals surface area contributed by atoms with E-state index in [0.29, 0.717) is 13.0 Å². The van der Waals surface area contributed by atoms with Gasteiger partial charge in [0.25, 0.3) is 0 Å². The zero-order valence-corrected chi connectivity index (χ0v) is 15.2. The third-order valence-electron chi connectivity index (χ3n) is 4.68. The van der Waals surface area contributed by atoms with Crippen molar-refractivity contribution in [2.45, 2.75) is 12.8 Å². The summed E-state index contributed by atoms with van der Waals surface area (Å²) in [6.07, 6.45) is 0.574. The molecule has 0 aliphatic carbocycles. The lowest BCUT2D eigenvalue weighted by atomic mass is 10.1. The van der Waals surface area contributed by atoms with Crippen LogP contribution in [0.1, 0.15) is 12.0 Å². The third kappa shape index (κ3) is 4.27. The Kier molecular flexibility index (Phi) is 5.87. The highest BCUT2D eigenvalue weighted by molar-refractivity contribution is 5.97. The van der Waals surface area contributed by atoms with Crippen LogP contribution in [0.3, 0.4) is 0 Å². The lowest BCUT2D eigenvalue weighted by Gasteiger charge is -2.17. The number of nitrogens with zero attached hydrogens (tertiary/aromatic N) is 1. The van der Waals surface area contributed by atoms with Crippen molar-refractivity contribution in [2.24, 2.45) is 5.92 Å². The first-order valence-corrected chi connectivity index (χ1v) is 8.74. The van der Waals surface area contributed by atoms with Gasteiger partial charge in [-0.2, -0.15) is 0 Å². The van der Waals surface area contributed by atoms with E-state index in [4.69, 9.17) is 4.74 Å². The molecule has 1 N–H and O–H groups in total. The molecule has 1 saturated heterocycles. The summed E-state index contributed by atoms with van der Waals surface area (Å²) < 4.78 is 45.2. The van der Waals surface area contributed by atoms with Crippen LogP contribution in [0.15, 0.2) is 36.4 Å². The van der Waals surface area contributed by atoms with Gasteiger partial charge in [-0.3, -0.25) is 9.59 Å². The molecule has 2 aromatic rings. The number of hydrogen-bond acceptors (Lipinski definition) is 3. The number of carbonyl (C=O) groups is 2. The summed E-state index contributed by atoms with van der Waals surface area (Å²) in [6.45, 7) is 0.606. The van der Waals surface area contributed by atoms with Crippen LogP contribution in [-0.4, -0.2) is 36.9 Å². The number of benzene rings is 2. The van der Waals surface area contributed by atoms with Crippen LogP contribution in [0.4, 0.5) is 18.9 Å². The molecule has 1 fully saturated rings. The van der Waals surface area contributed by atoms with Crippen LogP contribution in [0.2, 0.25) is 0 Å². The maximum absolute atomic E-state index is 13.7. The summed E-state index contributed by atoms with van der Waals surface area (Å²) in [7, 11) is 1.57. The molecule has 1 heterocycles. The molecule has 0 aromatic heterocycles. The molecule has 8 heteroatoms. The molecule has 2 amide bonds. The normalized spacial score (nSPS) is 16.4. The van der Waals surface area contributed by atoms with Crippen molar-refractivity contribution in [3.8, 4) is 5.75 Å². The number of nitrogens with one attached hydrogen (secondary N) is 1. The molecule has 148 valence electrons. The van der Waals surface area contributed by atoms with Crippen molar-refractivity contribution in [1.82, 2.24) is 4.90 Å². The average Bonchev–Trinajstić information content (AvgIpc) is 3.07. The topological polar surface area (TPSA) is 58.6 Å². The van der Waals surface area contributed by atoms with E-state index in [1.54, 1.807) is 12.0 Å². The molecular formula is C20H19F3N2O3. The quantitative estimate of drug-likeness (QED) is 0.769. The molecule has 3 rings (SSSR count). The zero-order valence-electron chi connectivity index (χ0n) is 15.2. The average molecular weight is 392 g/mol. The van der Waals surface area contributed by atoms with Crippen molar-refractivity contribution in [3.05, 3.63) is 59.4 Å². The fourth-order valence-electron chi connectivity index (χ4n) is 3.11. The Morgan fingerprint density at radius 1 is 1.21 bits per heavy atom. The molecule has 2 aromatic carbocycles. The predicted octanol–water partition coefficient (Wildman–Crippen LogP) is 3.14. The number of amides is 2. The summed E-state index contributed by atoms with van der Waals surface area (Å²) in [5, 5.41) is 2.23. The first kappa shape index (κ1) is 19.7. The van der Waals surface area contributed by atoms with E-state index in [0.717, 1.165) is 23.4 Å². The molecule has 1 aliphatic heterocycles. The van der Waals surface area contributed by atoms with Crippen molar-refractivity contribution in [2.75, 3.05) is 25.5 Å². The second-order valence-electron chi connectivity index (χ2n) is 6.55. The summed E-state index contributed by atoms with van der Waals surface area (Å²) in [5.41, 5.74) is 0.537. The second kappa shape index (κ2) is 8.33. The Hall–Kier alpha value is -3.03. The zero-order chi connectivity index (χ0) is 20.3. The molecule has 28 heavy (non-hydrogen) atoms. The van der Waals surface area contributed by atoms with Gasteiger partial charge < -0.3 is 15.0 Å². The lowest BCUT2D eigenvalue weighted by Crippen LogP contribution is -2.30. The van der Waals surface area contributed by atoms with Crippen LogP contribution < -0.4 is 10.1 Å². The van der Waals surface area contributed by atoms with Gasteiger partial charge in [0.15, 0.2) is 17.5 Å². The first-order valence-electron chi connectivity index (χ1n) is 8.74. The summed E-state index contributed by atoms with van der Waals surface area (Å²) in [5.74, 6) is -5.22. The number of ether oxygens (including phenoxy) is 1. The molecule has 1 atom stereocenters. The maximum Gasteiger partial charge on any atom is 0.229 e. The maximum atomic E-state index is 13.7. The Balaban J connectivity index is 1.59. The Morgan fingerprint density at radius 3 is 2.75 bits per heavy atom. The molecule has 1 aliphatic rings. The highest BCUT2D eigenvalue weighted by Gasteiger charge is 2.34. The molecular weight excluding hydrogens is 373 g/mol. The van der Waals surface area contributed by atoms with Crippen molar-refractivity contribution in [1.29, 1.82) is 0 Å². The van der Waals surface area contributed by atoms with Crippen LogP contribution in [0.5, 0.6) is 5.75 Å². The van der Waals surface area contributed by atoms with Crippen molar-refractivity contribution < 1.29 is 27.5 Å². The number of halogens is 3. The van der Waals surface area contributed by atoms with Gasteiger partial charge in [-0.1, -0.05) is 12.1 Å². The second-order valence-corrected chi connectivity index (χ2v) is 6.55. The van der Waals surface area contributed by atoms with Gasteiger partial charge in [0.05, 0.1) is 18.7 Å². The van der Waals surface area contributed by atoms with Crippen LogP contribution >= 0.6 is 0 Å². The predicted molar refractivity (Wildman–Crippen MR) is 96.3 cm³/mol. The Bertz CT molecular complexity index is 904. The van der Waals surface area contributed by atoms with E-state index in [-0.39, 0.29) is 18.9 Å². The van der Waals surface area contributed by atoms with E-state index in [9.17, 15) is 22.8 Å². The van der Waals surface area contributed by atoms with Crippen LogP contribution in [-0.2, 0) is 16.0 Å². The van der Waals surface area contributed by atoms with E-state index in [2.05, 4.69) is 5.32 Å². The number of hydrogen-bond donors (Lipinski definition) is 1. The number of likely N-dealkylation sites (tertiary alicyclic amines) is 1. The smallest absolute Gasteiger partial charge is 0.229 e. The van der Waals surface area contributed by atoms with E-state index in [1.165, 1.54) is 0 Å². The van der Waals surface area contributed by atoms with Gasteiger partial charge in [0, 0.05) is 19.5 Å². The summed E-state index contributed by atoms with van der Waals surface area (Å²) in [4.78, 5) is 26.1. The van der Waals surface area contributed by atoms with E-state index < -0.39 is 35.0 Å². The van der Waals surface area contributed by atoms with Gasteiger partial charge in [-0.05, 0) is 36.2 Å². The Labute approximate surface area is 160 Å². The standard InChI is InChI=1S/C20H19F3N2O3/c1-28-14-4-2-3-12(9-14)7-8-25-11-13(10-17(25)26)20(27)24-16-6-5-15(21)18(22)19(16)23/h2-6,9,13H,7-8,10-11H2,1H3,(H,24,27). The van der Waals surface area contributed by atoms with Gasteiger partial charge in [0.1, 0.15) is 5.75 Å².